The van der Waals surface area contributed by atoms with E-state index in [1.807, 2.05) is 109 Å². The van der Waals surface area contributed by atoms with Crippen LogP contribution in [0.5, 0.6) is 11.5 Å². The Balaban J connectivity index is 1.09. The third-order valence-electron chi connectivity index (χ3n) is 7.04. The van der Waals surface area contributed by atoms with Gasteiger partial charge < -0.3 is 29.8 Å². The van der Waals surface area contributed by atoms with Crippen LogP contribution in [-0.2, 0) is 45.3 Å². The van der Waals surface area contributed by atoms with Gasteiger partial charge in [-0.3, -0.25) is 9.59 Å². The molecular formula is C38H42N4O6S2. The van der Waals surface area contributed by atoms with E-state index in [2.05, 4.69) is 20.9 Å². The predicted octanol–water partition coefficient (Wildman–Crippen LogP) is 6.25. The Labute approximate surface area is 301 Å². The molecule has 262 valence electrons. The van der Waals surface area contributed by atoms with Gasteiger partial charge in [0.05, 0.1) is 0 Å². The van der Waals surface area contributed by atoms with Gasteiger partial charge in [0.1, 0.15) is 50.4 Å². The van der Waals surface area contributed by atoms with Crippen molar-refractivity contribution >= 4 is 44.8 Å². The maximum atomic E-state index is 12.8. The van der Waals surface area contributed by atoms with Crippen molar-refractivity contribution in [2.24, 2.45) is 10.3 Å². The predicted molar refractivity (Wildman–Crippen MR) is 202 cm³/mol. The highest BCUT2D eigenvalue weighted by atomic mass is 33.1. The minimum absolute atomic E-state index is 0.284. The molecule has 0 aliphatic rings. The van der Waals surface area contributed by atoms with Crippen molar-refractivity contribution in [2.75, 3.05) is 38.8 Å². The van der Waals surface area contributed by atoms with Crippen molar-refractivity contribution < 1.29 is 28.7 Å². The standard InChI is InChI=1S/C38H42N4O6S2/c1-45-41-35(25-29-13-17-33(18-14-29)47-27-31-9-5-3-6-10-31)37(43)39-21-23-49-50-24-22-40-38(44)36(42-46-2)26-30-15-19-34(20-16-30)48-28-32-11-7-4-8-12-32/h3-20H,21-28H2,1-2H3,(H,39,43)(H,40,44). The van der Waals surface area contributed by atoms with Crippen LogP contribution in [0.15, 0.2) is 120 Å². The van der Waals surface area contributed by atoms with E-state index in [4.69, 9.17) is 19.1 Å². The largest absolute Gasteiger partial charge is 0.489 e. The van der Waals surface area contributed by atoms with E-state index in [0.29, 0.717) is 50.7 Å². The van der Waals surface area contributed by atoms with E-state index in [0.717, 1.165) is 33.8 Å². The van der Waals surface area contributed by atoms with Crippen molar-refractivity contribution in [1.82, 2.24) is 10.6 Å². The highest BCUT2D eigenvalue weighted by Crippen LogP contribution is 2.20. The second-order valence-corrected chi connectivity index (χ2v) is 13.5. The number of oxime groups is 2. The Bertz CT molecular complexity index is 1530. The number of carbonyl (C=O) groups is 2. The molecule has 2 amide bonds. The van der Waals surface area contributed by atoms with Crippen LogP contribution >= 0.6 is 21.6 Å². The molecule has 0 heterocycles. The van der Waals surface area contributed by atoms with Crippen molar-refractivity contribution in [3.05, 3.63) is 131 Å². The van der Waals surface area contributed by atoms with Crippen molar-refractivity contribution in [3.63, 3.8) is 0 Å². The van der Waals surface area contributed by atoms with Gasteiger partial charge in [0.15, 0.2) is 0 Å². The van der Waals surface area contributed by atoms with E-state index >= 15 is 0 Å². The first kappa shape index (κ1) is 37.9. The zero-order valence-electron chi connectivity index (χ0n) is 28.2. The summed E-state index contributed by atoms with van der Waals surface area (Å²) in [5.74, 6) is 2.29. The number of nitrogens with one attached hydrogen (secondary N) is 2. The SMILES string of the molecule is CON=C(Cc1ccc(OCc2ccccc2)cc1)C(=O)NCCSSCCNC(=O)C(Cc1ccc(OCc2ccccc2)cc1)=NOC. The number of hydrogen-bond donors (Lipinski definition) is 2. The molecule has 0 spiro atoms. The highest BCUT2D eigenvalue weighted by Gasteiger charge is 2.15. The quantitative estimate of drug-likeness (QED) is 0.0450. The van der Waals surface area contributed by atoms with E-state index < -0.39 is 0 Å². The summed E-state index contributed by atoms with van der Waals surface area (Å²) in [6, 6.07) is 35.1. The van der Waals surface area contributed by atoms with Crippen molar-refractivity contribution in [3.8, 4) is 11.5 Å². The van der Waals surface area contributed by atoms with Gasteiger partial charge in [-0.25, -0.2) is 0 Å². The minimum Gasteiger partial charge on any atom is -0.489 e. The Morgan fingerprint density at radius 2 is 0.920 bits per heavy atom. The molecule has 10 nitrogen and oxygen atoms in total. The normalized spacial score (nSPS) is 11.4. The molecule has 4 aromatic rings. The first-order valence-corrected chi connectivity index (χ1v) is 18.5. The lowest BCUT2D eigenvalue weighted by Crippen LogP contribution is -2.34. The summed E-state index contributed by atoms with van der Waals surface area (Å²) in [7, 11) is 6.05. The molecule has 50 heavy (non-hydrogen) atoms. The topological polar surface area (TPSA) is 120 Å². The summed E-state index contributed by atoms with van der Waals surface area (Å²) in [4.78, 5) is 35.4. The zero-order chi connectivity index (χ0) is 35.2. The second kappa shape index (κ2) is 21.9. The van der Waals surface area contributed by atoms with Gasteiger partial charge in [-0.15, -0.1) is 0 Å². The van der Waals surface area contributed by atoms with Crippen LogP contribution < -0.4 is 20.1 Å². The summed E-state index contributed by atoms with van der Waals surface area (Å²) in [6.45, 7) is 1.88. The molecule has 0 atom stereocenters. The summed E-state index contributed by atoms with van der Waals surface area (Å²) in [5, 5.41) is 13.7. The highest BCUT2D eigenvalue weighted by molar-refractivity contribution is 8.76. The van der Waals surface area contributed by atoms with Gasteiger partial charge in [-0.05, 0) is 46.5 Å². The van der Waals surface area contributed by atoms with Crippen LogP contribution in [0, 0.1) is 0 Å². The van der Waals surface area contributed by atoms with E-state index in [1.54, 1.807) is 21.6 Å². The van der Waals surface area contributed by atoms with Gasteiger partial charge in [-0.2, -0.15) is 0 Å². The van der Waals surface area contributed by atoms with E-state index in [-0.39, 0.29) is 23.2 Å². The van der Waals surface area contributed by atoms with Crippen LogP contribution in [0.25, 0.3) is 0 Å². The summed E-state index contributed by atoms with van der Waals surface area (Å²) < 4.78 is 11.7. The first-order valence-electron chi connectivity index (χ1n) is 16.1. The van der Waals surface area contributed by atoms with Crippen LogP contribution in [0.1, 0.15) is 22.3 Å². The Morgan fingerprint density at radius 1 is 0.540 bits per heavy atom. The molecule has 0 aliphatic carbocycles. The number of rotatable bonds is 21. The molecule has 2 N–H and O–H groups in total. The van der Waals surface area contributed by atoms with E-state index in [1.165, 1.54) is 14.2 Å². The number of amides is 2. The number of nitrogens with zero attached hydrogens (tertiary/aromatic N) is 2. The molecule has 4 rings (SSSR count). The maximum Gasteiger partial charge on any atom is 0.269 e. The van der Waals surface area contributed by atoms with Crippen LogP contribution in [0.4, 0.5) is 0 Å². The lowest BCUT2D eigenvalue weighted by molar-refractivity contribution is -0.115. The molecule has 12 heteroatoms. The average molecular weight is 715 g/mol. The fourth-order valence-electron chi connectivity index (χ4n) is 4.54. The second-order valence-electron chi connectivity index (χ2n) is 10.8. The van der Waals surface area contributed by atoms with Crippen LogP contribution in [0.3, 0.4) is 0 Å². The third kappa shape index (κ3) is 13.9. The lowest BCUT2D eigenvalue weighted by Gasteiger charge is -2.10. The van der Waals surface area contributed by atoms with Gasteiger partial charge in [0.25, 0.3) is 11.8 Å². The Morgan fingerprint density at radius 3 is 1.28 bits per heavy atom. The molecule has 0 unspecified atom stereocenters. The summed E-state index contributed by atoms with van der Waals surface area (Å²) in [5.41, 5.74) is 4.57. The molecule has 0 aliphatic heterocycles. The van der Waals surface area contributed by atoms with Crippen molar-refractivity contribution in [1.29, 1.82) is 0 Å². The van der Waals surface area contributed by atoms with Gasteiger partial charge in [0, 0.05) is 37.4 Å². The molecule has 0 radical (unpaired) electrons. The molecule has 0 saturated heterocycles. The molecule has 0 saturated carbocycles. The third-order valence-corrected chi connectivity index (χ3v) is 9.45. The molecule has 0 bridgehead atoms. The molecule has 4 aromatic carbocycles. The monoisotopic (exact) mass is 714 g/mol. The van der Waals surface area contributed by atoms with Gasteiger partial charge in [0.2, 0.25) is 0 Å². The average Bonchev–Trinajstić information content (AvgIpc) is 3.15. The lowest BCUT2D eigenvalue weighted by atomic mass is 10.1. The summed E-state index contributed by atoms with van der Waals surface area (Å²) in [6.07, 6.45) is 0.645. The number of hydrogen-bond acceptors (Lipinski definition) is 10. The van der Waals surface area contributed by atoms with Crippen LogP contribution in [-0.4, -0.2) is 62.1 Å². The molecular weight excluding hydrogens is 673 g/mol. The number of carbonyl (C=O) groups excluding carboxylic acids is 2. The number of ether oxygens (including phenoxy) is 2. The molecule has 0 aromatic heterocycles. The van der Waals surface area contributed by atoms with Gasteiger partial charge >= 0.3 is 0 Å². The molecule has 0 fully saturated rings. The van der Waals surface area contributed by atoms with Gasteiger partial charge in [-0.1, -0.05) is 117 Å². The van der Waals surface area contributed by atoms with Crippen LogP contribution in [0.2, 0.25) is 0 Å². The Hall–Kier alpha value is -4.94. The fourth-order valence-corrected chi connectivity index (χ4v) is 6.35. The van der Waals surface area contributed by atoms with E-state index in [9.17, 15) is 9.59 Å². The Kier molecular flexibility index (Phi) is 16.6. The minimum atomic E-state index is -0.284. The number of benzene rings is 4. The summed E-state index contributed by atoms with van der Waals surface area (Å²) >= 11 is 0. The smallest absolute Gasteiger partial charge is 0.269 e. The first-order chi connectivity index (χ1) is 24.5. The van der Waals surface area contributed by atoms with Crippen molar-refractivity contribution in [2.45, 2.75) is 26.1 Å². The maximum absolute atomic E-state index is 12.8. The zero-order valence-corrected chi connectivity index (χ0v) is 29.8. The fraction of sp³-hybridized carbons (Fsp3) is 0.263.